The van der Waals surface area contributed by atoms with Gasteiger partial charge in [0.15, 0.2) is 0 Å². The second-order valence-electron chi connectivity index (χ2n) is 4.63. The lowest BCUT2D eigenvalue weighted by Crippen LogP contribution is -2.21. The molecule has 1 heterocycles. The van der Waals surface area contributed by atoms with E-state index in [0.29, 0.717) is 6.04 Å². The Kier molecular flexibility index (Phi) is 4.97. The van der Waals surface area contributed by atoms with Gasteiger partial charge in [-0.25, -0.2) is 0 Å². The number of aryl methyl sites for hydroxylation is 2. The summed E-state index contributed by atoms with van der Waals surface area (Å²) >= 11 is 1.84. The topological polar surface area (TPSA) is 12.0 Å². The molecule has 1 unspecified atom stereocenters. The van der Waals surface area contributed by atoms with Gasteiger partial charge in [0.1, 0.15) is 0 Å². The van der Waals surface area contributed by atoms with Crippen molar-refractivity contribution in [1.82, 2.24) is 5.32 Å². The Morgan fingerprint density at radius 3 is 2.61 bits per heavy atom. The minimum Gasteiger partial charge on any atom is -0.310 e. The average Bonchev–Trinajstić information content (AvgIpc) is 2.82. The van der Waals surface area contributed by atoms with Crippen LogP contribution in [0.4, 0.5) is 0 Å². The summed E-state index contributed by atoms with van der Waals surface area (Å²) in [6.07, 6.45) is 2.29. The molecular weight excluding hydrogens is 238 g/mol. The molecule has 0 amide bonds. The summed E-state index contributed by atoms with van der Waals surface area (Å²) in [5.74, 6) is 0. The molecule has 0 fully saturated rings. The predicted molar refractivity (Wildman–Crippen MR) is 80.2 cm³/mol. The molecule has 0 aliphatic carbocycles. The van der Waals surface area contributed by atoms with E-state index < -0.39 is 0 Å². The van der Waals surface area contributed by atoms with E-state index in [0.717, 1.165) is 19.4 Å². The number of hydrogen-bond acceptors (Lipinski definition) is 2. The van der Waals surface area contributed by atoms with Crippen molar-refractivity contribution in [1.29, 1.82) is 0 Å². The number of thiophene rings is 1. The van der Waals surface area contributed by atoms with Crippen LogP contribution in [0.5, 0.6) is 0 Å². The van der Waals surface area contributed by atoms with Gasteiger partial charge in [-0.3, -0.25) is 0 Å². The van der Waals surface area contributed by atoms with Crippen LogP contribution in [-0.4, -0.2) is 6.54 Å². The van der Waals surface area contributed by atoms with Gasteiger partial charge in [0, 0.05) is 10.9 Å². The summed E-state index contributed by atoms with van der Waals surface area (Å²) in [6.45, 7) is 5.37. The molecule has 0 saturated carbocycles. The van der Waals surface area contributed by atoms with Gasteiger partial charge in [-0.15, -0.1) is 11.3 Å². The molecule has 1 nitrogen and oxygen atoms in total. The van der Waals surface area contributed by atoms with Crippen molar-refractivity contribution < 1.29 is 0 Å². The molecule has 96 valence electrons. The number of rotatable bonds is 6. The van der Waals surface area contributed by atoms with Crippen LogP contribution >= 0.6 is 11.3 Å². The van der Waals surface area contributed by atoms with Crippen LogP contribution < -0.4 is 5.32 Å². The quantitative estimate of drug-likeness (QED) is 0.813. The van der Waals surface area contributed by atoms with Crippen LogP contribution in [-0.2, 0) is 6.42 Å². The molecule has 1 aromatic heterocycles. The highest BCUT2D eigenvalue weighted by Crippen LogP contribution is 2.24. The van der Waals surface area contributed by atoms with Gasteiger partial charge in [-0.1, -0.05) is 37.3 Å². The van der Waals surface area contributed by atoms with Gasteiger partial charge < -0.3 is 5.32 Å². The molecule has 0 aliphatic heterocycles. The molecule has 1 atom stereocenters. The molecule has 1 N–H and O–H groups in total. The molecule has 0 spiro atoms. The second kappa shape index (κ2) is 6.72. The first-order chi connectivity index (χ1) is 8.79. The number of nitrogens with one attached hydrogen (secondary N) is 1. The zero-order chi connectivity index (χ0) is 12.8. The van der Waals surface area contributed by atoms with E-state index in [1.807, 2.05) is 11.3 Å². The summed E-state index contributed by atoms with van der Waals surface area (Å²) in [6, 6.07) is 13.5. The summed E-state index contributed by atoms with van der Waals surface area (Å²) < 4.78 is 0. The Labute approximate surface area is 114 Å². The van der Waals surface area contributed by atoms with Crippen molar-refractivity contribution in [2.45, 2.75) is 32.7 Å². The highest BCUT2D eigenvalue weighted by molar-refractivity contribution is 7.10. The third kappa shape index (κ3) is 3.69. The van der Waals surface area contributed by atoms with E-state index in [1.54, 1.807) is 0 Å². The van der Waals surface area contributed by atoms with Crippen LogP contribution in [0.1, 0.15) is 35.4 Å². The summed E-state index contributed by atoms with van der Waals surface area (Å²) in [5, 5.41) is 5.87. The molecule has 0 bridgehead atoms. The maximum absolute atomic E-state index is 3.59. The standard InChI is InChI=1S/C16H21NS/c1-3-17-16(15-11-13(2)18-12-15)10-9-14-7-5-4-6-8-14/h4-8,11-12,16-17H,3,9-10H2,1-2H3. The zero-order valence-corrected chi connectivity index (χ0v) is 12.0. The third-order valence-electron chi connectivity index (χ3n) is 3.17. The predicted octanol–water partition coefficient (Wildman–Crippen LogP) is 4.34. The molecule has 2 aromatic rings. The highest BCUT2D eigenvalue weighted by atomic mass is 32.1. The van der Waals surface area contributed by atoms with Crippen LogP contribution in [0.3, 0.4) is 0 Å². The first-order valence-corrected chi connectivity index (χ1v) is 7.50. The molecular formula is C16H21NS. The van der Waals surface area contributed by atoms with Crippen molar-refractivity contribution in [3.05, 3.63) is 57.8 Å². The maximum Gasteiger partial charge on any atom is 0.0331 e. The molecule has 0 saturated heterocycles. The highest BCUT2D eigenvalue weighted by Gasteiger charge is 2.11. The van der Waals surface area contributed by atoms with Gasteiger partial charge in [-0.2, -0.15) is 0 Å². The second-order valence-corrected chi connectivity index (χ2v) is 5.74. The lowest BCUT2D eigenvalue weighted by Gasteiger charge is -2.16. The smallest absolute Gasteiger partial charge is 0.0331 e. The minimum absolute atomic E-state index is 0.486. The largest absolute Gasteiger partial charge is 0.310 e. The Morgan fingerprint density at radius 1 is 1.22 bits per heavy atom. The normalized spacial score (nSPS) is 12.6. The third-order valence-corrected chi connectivity index (χ3v) is 4.05. The van der Waals surface area contributed by atoms with Crippen molar-refractivity contribution >= 4 is 11.3 Å². The molecule has 0 aliphatic rings. The lowest BCUT2D eigenvalue weighted by molar-refractivity contribution is 0.516. The van der Waals surface area contributed by atoms with E-state index >= 15 is 0 Å². The van der Waals surface area contributed by atoms with E-state index in [9.17, 15) is 0 Å². The van der Waals surface area contributed by atoms with Gasteiger partial charge >= 0.3 is 0 Å². The van der Waals surface area contributed by atoms with E-state index in [4.69, 9.17) is 0 Å². The molecule has 1 aromatic carbocycles. The van der Waals surface area contributed by atoms with Gasteiger partial charge in [0.2, 0.25) is 0 Å². The summed E-state index contributed by atoms with van der Waals surface area (Å²) in [7, 11) is 0. The van der Waals surface area contributed by atoms with Crippen molar-refractivity contribution in [3.8, 4) is 0 Å². The van der Waals surface area contributed by atoms with Crippen LogP contribution in [0.25, 0.3) is 0 Å². The fourth-order valence-electron chi connectivity index (χ4n) is 2.24. The SMILES string of the molecule is CCNC(CCc1ccccc1)c1csc(C)c1. The van der Waals surface area contributed by atoms with Crippen molar-refractivity contribution in [2.24, 2.45) is 0 Å². The van der Waals surface area contributed by atoms with Gasteiger partial charge in [0.05, 0.1) is 0 Å². The Morgan fingerprint density at radius 2 is 2.00 bits per heavy atom. The first-order valence-electron chi connectivity index (χ1n) is 6.62. The van der Waals surface area contributed by atoms with Crippen LogP contribution in [0, 0.1) is 6.92 Å². The van der Waals surface area contributed by atoms with Gasteiger partial charge in [-0.05, 0) is 48.9 Å². The van der Waals surface area contributed by atoms with Crippen molar-refractivity contribution in [2.75, 3.05) is 6.54 Å². The van der Waals surface area contributed by atoms with E-state index in [2.05, 4.69) is 60.9 Å². The molecule has 0 radical (unpaired) electrons. The van der Waals surface area contributed by atoms with Crippen LogP contribution in [0.15, 0.2) is 41.8 Å². The average molecular weight is 259 g/mol. The molecule has 18 heavy (non-hydrogen) atoms. The lowest BCUT2D eigenvalue weighted by atomic mass is 10.0. The Bertz CT molecular complexity index is 461. The van der Waals surface area contributed by atoms with Gasteiger partial charge in [0.25, 0.3) is 0 Å². The Hall–Kier alpha value is -1.12. The van der Waals surface area contributed by atoms with E-state index in [1.165, 1.54) is 16.0 Å². The van der Waals surface area contributed by atoms with E-state index in [-0.39, 0.29) is 0 Å². The molecule has 2 heteroatoms. The fourth-order valence-corrected chi connectivity index (χ4v) is 2.99. The monoisotopic (exact) mass is 259 g/mol. The fraction of sp³-hybridized carbons (Fsp3) is 0.375. The Balaban J connectivity index is 1.98. The summed E-state index contributed by atoms with van der Waals surface area (Å²) in [5.41, 5.74) is 2.86. The number of hydrogen-bond donors (Lipinski definition) is 1. The van der Waals surface area contributed by atoms with Crippen molar-refractivity contribution in [3.63, 3.8) is 0 Å². The number of benzene rings is 1. The zero-order valence-electron chi connectivity index (χ0n) is 11.1. The first kappa shape index (κ1) is 13.3. The van der Waals surface area contributed by atoms with Crippen LogP contribution in [0.2, 0.25) is 0 Å². The molecule has 2 rings (SSSR count). The summed E-state index contributed by atoms with van der Waals surface area (Å²) in [4.78, 5) is 1.40. The minimum atomic E-state index is 0.486. The maximum atomic E-state index is 3.59.